The van der Waals surface area contributed by atoms with Crippen molar-refractivity contribution in [3.8, 4) is 0 Å². The van der Waals surface area contributed by atoms with Crippen LogP contribution >= 0.6 is 0 Å². The van der Waals surface area contributed by atoms with Crippen LogP contribution in [-0.4, -0.2) is 23.0 Å². The molecule has 1 aromatic heterocycles. The van der Waals surface area contributed by atoms with E-state index >= 15 is 0 Å². The Balaban J connectivity index is 1.91. The number of rotatable bonds is 5. The summed E-state index contributed by atoms with van der Waals surface area (Å²) < 4.78 is 5.10. The van der Waals surface area contributed by atoms with Crippen molar-refractivity contribution in [1.82, 2.24) is 10.5 Å². The summed E-state index contributed by atoms with van der Waals surface area (Å²) >= 11 is 0. The van der Waals surface area contributed by atoms with Gasteiger partial charge in [0, 0.05) is 18.0 Å². The number of nitrogens with two attached hydrogens (primary N) is 1. The van der Waals surface area contributed by atoms with Gasteiger partial charge in [0.25, 0.3) is 0 Å². The van der Waals surface area contributed by atoms with Gasteiger partial charge in [-0.1, -0.05) is 24.4 Å². The third-order valence-corrected chi connectivity index (χ3v) is 4.51. The van der Waals surface area contributed by atoms with Crippen molar-refractivity contribution in [3.05, 3.63) is 17.0 Å². The molecule has 0 bridgehead atoms. The molecule has 1 aromatic rings. The van der Waals surface area contributed by atoms with Crippen molar-refractivity contribution in [3.63, 3.8) is 0 Å². The van der Waals surface area contributed by atoms with Crippen LogP contribution in [0.2, 0.25) is 0 Å². The monoisotopic (exact) mass is 307 g/mol. The SMILES string of the molecule is Cc1noc(C)c1CCC(=O)N[C@H]1CCCCC[C@@H]1C(N)=O. The molecule has 0 radical (unpaired) electrons. The topological polar surface area (TPSA) is 98.2 Å². The Bertz CT molecular complexity index is 519. The van der Waals surface area contributed by atoms with E-state index in [9.17, 15) is 9.59 Å². The molecule has 1 heterocycles. The molecule has 6 heteroatoms. The average molecular weight is 307 g/mol. The van der Waals surface area contributed by atoms with Gasteiger partial charge >= 0.3 is 0 Å². The van der Waals surface area contributed by atoms with Gasteiger partial charge in [0.05, 0.1) is 11.6 Å². The lowest BCUT2D eigenvalue weighted by atomic mass is 9.94. The molecule has 2 amide bonds. The summed E-state index contributed by atoms with van der Waals surface area (Å²) in [4.78, 5) is 23.8. The predicted octanol–water partition coefficient (Wildman–Crippen LogP) is 1.77. The Hall–Kier alpha value is -1.85. The molecule has 0 unspecified atom stereocenters. The van der Waals surface area contributed by atoms with E-state index in [1.807, 2.05) is 13.8 Å². The number of amides is 2. The molecular weight excluding hydrogens is 282 g/mol. The van der Waals surface area contributed by atoms with Crippen molar-refractivity contribution in [2.75, 3.05) is 0 Å². The minimum Gasteiger partial charge on any atom is -0.369 e. The quantitative estimate of drug-likeness (QED) is 0.810. The number of primary amides is 1. The fourth-order valence-corrected chi connectivity index (χ4v) is 3.20. The molecular formula is C16H25N3O3. The molecule has 1 aliphatic carbocycles. The summed E-state index contributed by atoms with van der Waals surface area (Å²) in [6, 6.07) is -0.128. The van der Waals surface area contributed by atoms with E-state index in [1.165, 1.54) is 0 Å². The molecule has 0 spiro atoms. The van der Waals surface area contributed by atoms with Gasteiger partial charge in [-0.3, -0.25) is 9.59 Å². The van der Waals surface area contributed by atoms with E-state index in [-0.39, 0.29) is 23.8 Å². The van der Waals surface area contributed by atoms with E-state index in [4.69, 9.17) is 10.3 Å². The summed E-state index contributed by atoms with van der Waals surface area (Å²) in [5.74, 6) is 0.163. The zero-order valence-electron chi connectivity index (χ0n) is 13.4. The smallest absolute Gasteiger partial charge is 0.222 e. The lowest BCUT2D eigenvalue weighted by Crippen LogP contribution is -2.45. The first-order valence-corrected chi connectivity index (χ1v) is 7.99. The Morgan fingerprint density at radius 1 is 1.27 bits per heavy atom. The lowest BCUT2D eigenvalue weighted by molar-refractivity contribution is -0.125. The molecule has 6 nitrogen and oxygen atoms in total. The highest BCUT2D eigenvalue weighted by molar-refractivity contribution is 5.80. The molecule has 2 rings (SSSR count). The first-order valence-electron chi connectivity index (χ1n) is 7.99. The second kappa shape index (κ2) is 7.42. The molecule has 1 saturated carbocycles. The van der Waals surface area contributed by atoms with Gasteiger partial charge in [0.1, 0.15) is 5.76 Å². The highest BCUT2D eigenvalue weighted by Crippen LogP contribution is 2.23. The zero-order valence-corrected chi connectivity index (χ0v) is 13.4. The van der Waals surface area contributed by atoms with Crippen LogP contribution in [0.5, 0.6) is 0 Å². The van der Waals surface area contributed by atoms with Crippen LogP contribution in [0.4, 0.5) is 0 Å². The van der Waals surface area contributed by atoms with Crippen molar-refractivity contribution in [1.29, 1.82) is 0 Å². The minimum atomic E-state index is -0.307. The van der Waals surface area contributed by atoms with Crippen molar-refractivity contribution in [2.24, 2.45) is 11.7 Å². The van der Waals surface area contributed by atoms with Crippen LogP contribution in [0.1, 0.15) is 55.5 Å². The Morgan fingerprint density at radius 2 is 2.00 bits per heavy atom. The number of aryl methyl sites for hydroxylation is 2. The molecule has 0 aliphatic heterocycles. The van der Waals surface area contributed by atoms with E-state index in [1.54, 1.807) is 0 Å². The maximum absolute atomic E-state index is 12.2. The summed E-state index contributed by atoms with van der Waals surface area (Å²) in [6.45, 7) is 3.72. The summed E-state index contributed by atoms with van der Waals surface area (Å²) in [6.07, 6.45) is 5.67. The fourth-order valence-electron chi connectivity index (χ4n) is 3.20. The third-order valence-electron chi connectivity index (χ3n) is 4.51. The number of carbonyl (C=O) groups is 2. The van der Waals surface area contributed by atoms with Gasteiger partial charge in [0.15, 0.2) is 0 Å². The summed E-state index contributed by atoms with van der Waals surface area (Å²) in [5.41, 5.74) is 7.30. The van der Waals surface area contributed by atoms with Gasteiger partial charge in [-0.15, -0.1) is 0 Å². The highest BCUT2D eigenvalue weighted by Gasteiger charge is 2.29. The largest absolute Gasteiger partial charge is 0.369 e. The van der Waals surface area contributed by atoms with Crippen LogP contribution in [0.25, 0.3) is 0 Å². The Kier molecular flexibility index (Phi) is 5.57. The van der Waals surface area contributed by atoms with Crippen LogP contribution in [0.15, 0.2) is 4.52 Å². The zero-order chi connectivity index (χ0) is 16.1. The summed E-state index contributed by atoms with van der Waals surface area (Å²) in [5, 5.41) is 6.89. The normalized spacial score (nSPS) is 22.1. The minimum absolute atomic E-state index is 0.0434. The third kappa shape index (κ3) is 4.08. The Morgan fingerprint density at radius 3 is 2.64 bits per heavy atom. The second-order valence-electron chi connectivity index (χ2n) is 6.12. The molecule has 1 fully saturated rings. The Labute approximate surface area is 130 Å². The predicted molar refractivity (Wildman–Crippen MR) is 82.0 cm³/mol. The first-order chi connectivity index (χ1) is 10.5. The van der Waals surface area contributed by atoms with E-state index in [0.717, 1.165) is 49.1 Å². The average Bonchev–Trinajstić information content (AvgIpc) is 2.66. The van der Waals surface area contributed by atoms with Crippen LogP contribution in [0, 0.1) is 19.8 Å². The van der Waals surface area contributed by atoms with Gasteiger partial charge < -0.3 is 15.6 Å². The highest BCUT2D eigenvalue weighted by atomic mass is 16.5. The first kappa shape index (κ1) is 16.5. The maximum Gasteiger partial charge on any atom is 0.222 e. The molecule has 0 saturated heterocycles. The number of hydrogen-bond donors (Lipinski definition) is 2. The number of aromatic nitrogens is 1. The maximum atomic E-state index is 12.2. The fraction of sp³-hybridized carbons (Fsp3) is 0.688. The molecule has 1 aliphatic rings. The van der Waals surface area contributed by atoms with Gasteiger partial charge in [-0.05, 0) is 33.1 Å². The van der Waals surface area contributed by atoms with Crippen LogP contribution < -0.4 is 11.1 Å². The molecule has 122 valence electrons. The van der Waals surface area contributed by atoms with E-state index in [2.05, 4.69) is 10.5 Å². The molecule has 3 N–H and O–H groups in total. The standard InChI is InChI=1S/C16H25N3O3/c1-10-12(11(2)22-19-10)8-9-15(20)18-14-7-5-3-4-6-13(14)16(17)21/h13-14H,3-9H2,1-2H3,(H2,17,21)(H,18,20)/t13-,14-/m0/s1. The number of hydrogen-bond acceptors (Lipinski definition) is 4. The van der Waals surface area contributed by atoms with Gasteiger partial charge in [-0.25, -0.2) is 0 Å². The molecule has 0 aromatic carbocycles. The van der Waals surface area contributed by atoms with Crippen molar-refractivity contribution in [2.45, 2.75) is 64.8 Å². The second-order valence-corrected chi connectivity index (χ2v) is 6.12. The lowest BCUT2D eigenvalue weighted by Gasteiger charge is -2.23. The number of nitrogens with one attached hydrogen (secondary N) is 1. The van der Waals surface area contributed by atoms with Crippen LogP contribution in [0.3, 0.4) is 0 Å². The van der Waals surface area contributed by atoms with Crippen molar-refractivity contribution >= 4 is 11.8 Å². The van der Waals surface area contributed by atoms with E-state index < -0.39 is 0 Å². The van der Waals surface area contributed by atoms with Gasteiger partial charge in [-0.2, -0.15) is 0 Å². The van der Waals surface area contributed by atoms with Crippen molar-refractivity contribution < 1.29 is 14.1 Å². The van der Waals surface area contributed by atoms with Crippen LogP contribution in [-0.2, 0) is 16.0 Å². The molecule has 2 atom stereocenters. The van der Waals surface area contributed by atoms with Gasteiger partial charge in [0.2, 0.25) is 11.8 Å². The summed E-state index contributed by atoms with van der Waals surface area (Å²) in [7, 11) is 0. The molecule has 22 heavy (non-hydrogen) atoms. The number of carbonyl (C=O) groups excluding carboxylic acids is 2. The number of nitrogens with zero attached hydrogens (tertiary/aromatic N) is 1. The van der Waals surface area contributed by atoms with E-state index in [0.29, 0.717) is 12.8 Å².